The molecule has 1 heterocycles. The van der Waals surface area contributed by atoms with Gasteiger partial charge < -0.3 is 9.84 Å². The summed E-state index contributed by atoms with van der Waals surface area (Å²) in [7, 11) is -4.30. The normalized spacial score (nSPS) is 13.2. The lowest BCUT2D eigenvalue weighted by molar-refractivity contribution is -0.151. The van der Waals surface area contributed by atoms with E-state index in [0.29, 0.717) is 24.0 Å². The fourth-order valence-corrected chi connectivity index (χ4v) is 6.35. The molecule has 186 valence electrons. The molecule has 0 aliphatic carbocycles. The van der Waals surface area contributed by atoms with Gasteiger partial charge >= 0.3 is 12.1 Å². The number of nitrogens with one attached hydrogen (secondary N) is 1. The fourth-order valence-electron chi connectivity index (χ4n) is 3.57. The second kappa shape index (κ2) is 12.0. The minimum atomic E-state index is -4.30. The Morgan fingerprint density at radius 3 is 2.17 bits per heavy atom. The lowest BCUT2D eigenvalue weighted by atomic mass is 10.0. The molecule has 2 N–H and O–H groups in total. The third kappa shape index (κ3) is 6.47. The average Bonchev–Trinajstić information content (AvgIpc) is 3.41. The van der Waals surface area contributed by atoms with Crippen molar-refractivity contribution in [1.82, 2.24) is 9.62 Å². The van der Waals surface area contributed by atoms with E-state index < -0.39 is 27.7 Å². The maximum atomic E-state index is 13.8. The molecule has 0 spiro atoms. The number of carboxylic acid groups (broad SMARTS) is 1. The number of thiophene rings is 1. The molecular weight excluding hydrogens is 488 g/mol. The van der Waals surface area contributed by atoms with Crippen LogP contribution < -0.4 is 5.32 Å². The lowest BCUT2D eigenvalue weighted by Gasteiger charge is -2.39. The van der Waals surface area contributed by atoms with Crippen LogP contribution >= 0.6 is 11.3 Å². The van der Waals surface area contributed by atoms with E-state index in [2.05, 4.69) is 5.32 Å². The van der Waals surface area contributed by atoms with Crippen LogP contribution in [0.3, 0.4) is 0 Å². The van der Waals surface area contributed by atoms with E-state index in [0.717, 1.165) is 15.6 Å². The molecule has 35 heavy (non-hydrogen) atoms. The van der Waals surface area contributed by atoms with Gasteiger partial charge in [0.05, 0.1) is 0 Å². The minimum Gasteiger partial charge on any atom is -0.478 e. The van der Waals surface area contributed by atoms with Crippen molar-refractivity contribution >= 4 is 33.4 Å². The minimum absolute atomic E-state index is 0.0185. The Hall–Kier alpha value is -3.21. The van der Waals surface area contributed by atoms with Gasteiger partial charge in [0.2, 0.25) is 5.66 Å². The zero-order valence-electron chi connectivity index (χ0n) is 19.3. The summed E-state index contributed by atoms with van der Waals surface area (Å²) in [5.41, 5.74) is -0.971. The molecule has 1 amide bonds. The van der Waals surface area contributed by atoms with Crippen molar-refractivity contribution in [3.8, 4) is 0 Å². The highest BCUT2D eigenvalue weighted by Crippen LogP contribution is 2.32. The first-order chi connectivity index (χ1) is 16.8. The molecule has 1 atom stereocenters. The van der Waals surface area contributed by atoms with Crippen LogP contribution in [0.15, 0.2) is 82.4 Å². The first-order valence-corrected chi connectivity index (χ1v) is 13.4. The number of alkyl carbamates (subject to hydrolysis) is 1. The van der Waals surface area contributed by atoms with Crippen LogP contribution in [-0.2, 0) is 32.7 Å². The number of unbranched alkanes of at least 4 members (excludes halogenated alkanes) is 1. The molecule has 8 nitrogen and oxygen atoms in total. The van der Waals surface area contributed by atoms with E-state index in [-0.39, 0.29) is 23.8 Å². The van der Waals surface area contributed by atoms with Crippen molar-refractivity contribution in [2.75, 3.05) is 0 Å². The first-order valence-electron chi connectivity index (χ1n) is 11.1. The third-order valence-corrected chi connectivity index (χ3v) is 8.65. The first kappa shape index (κ1) is 26.4. The molecule has 2 aromatic carbocycles. The number of ether oxygens (including phenoxy) is 1. The second-order valence-corrected chi connectivity index (χ2v) is 10.9. The Bertz CT molecular complexity index is 1200. The third-order valence-electron chi connectivity index (χ3n) is 5.40. The van der Waals surface area contributed by atoms with Gasteiger partial charge in [-0.05, 0) is 35.4 Å². The Balaban J connectivity index is 2.03. The number of carbonyl (C=O) groups is 2. The zero-order chi connectivity index (χ0) is 25.3. The van der Waals surface area contributed by atoms with Gasteiger partial charge in [-0.15, -0.1) is 11.3 Å². The number of hydrogen-bond donors (Lipinski definition) is 2. The molecular formula is C25H28N2O6S2. The summed E-state index contributed by atoms with van der Waals surface area (Å²) in [6.07, 6.45) is -0.215. The van der Waals surface area contributed by atoms with Crippen molar-refractivity contribution in [3.05, 3.63) is 89.3 Å². The number of carboxylic acids is 1. The van der Waals surface area contributed by atoms with Gasteiger partial charge in [0.1, 0.15) is 10.8 Å². The maximum absolute atomic E-state index is 13.8. The van der Waals surface area contributed by atoms with E-state index >= 15 is 0 Å². The van der Waals surface area contributed by atoms with Gasteiger partial charge in [-0.3, -0.25) is 5.32 Å². The molecule has 1 unspecified atom stereocenters. The predicted molar refractivity (Wildman–Crippen MR) is 133 cm³/mol. The number of nitrogens with zero attached hydrogens (tertiary/aromatic N) is 1. The molecule has 3 aromatic rings. The van der Waals surface area contributed by atoms with Crippen LogP contribution in [0, 0.1) is 0 Å². The Kier molecular flexibility index (Phi) is 9.02. The molecule has 10 heteroatoms. The summed E-state index contributed by atoms with van der Waals surface area (Å²) in [4.78, 5) is 25.7. The summed E-state index contributed by atoms with van der Waals surface area (Å²) in [6.45, 7) is 1.51. The summed E-state index contributed by atoms with van der Waals surface area (Å²) in [6, 6.07) is 20.6. The standard InChI is InChI=1S/C25H28N2O6S2/c1-2-3-16-25(23(28)29,26-24(30)33-19-21-13-8-5-9-14-21)27(18-20-11-6-4-7-12-20)35(31,32)22-15-10-17-34-22/h4-15,17H,2-3,16,18-19H2,1H3,(H,26,30)(H,28,29). The van der Waals surface area contributed by atoms with E-state index in [1.165, 1.54) is 6.07 Å². The summed E-state index contributed by atoms with van der Waals surface area (Å²) in [5, 5.41) is 14.4. The second-order valence-electron chi connectivity index (χ2n) is 7.89. The van der Waals surface area contributed by atoms with Crippen molar-refractivity contribution in [1.29, 1.82) is 0 Å². The van der Waals surface area contributed by atoms with Crippen LogP contribution in [0.25, 0.3) is 0 Å². The fraction of sp³-hybridized carbons (Fsp3) is 0.280. The highest BCUT2D eigenvalue weighted by molar-refractivity contribution is 7.91. The topological polar surface area (TPSA) is 113 Å². The molecule has 0 bridgehead atoms. The summed E-state index contributed by atoms with van der Waals surface area (Å²) < 4.78 is 33.6. The number of amides is 1. The van der Waals surface area contributed by atoms with Gasteiger partial charge in [-0.25, -0.2) is 18.0 Å². The van der Waals surface area contributed by atoms with Crippen LogP contribution in [-0.4, -0.2) is 35.6 Å². The molecule has 0 aliphatic rings. The van der Waals surface area contributed by atoms with Gasteiger partial charge in [0.25, 0.3) is 10.0 Å². The van der Waals surface area contributed by atoms with Crippen molar-refractivity contribution < 1.29 is 27.9 Å². The molecule has 0 radical (unpaired) electrons. The van der Waals surface area contributed by atoms with E-state index in [1.54, 1.807) is 66.0 Å². The molecule has 0 saturated carbocycles. The predicted octanol–water partition coefficient (Wildman–Crippen LogP) is 4.84. The lowest BCUT2D eigenvalue weighted by Crippen LogP contribution is -2.66. The average molecular weight is 517 g/mol. The molecule has 1 aromatic heterocycles. The number of sulfonamides is 1. The number of hydrogen-bond acceptors (Lipinski definition) is 6. The molecule has 3 rings (SSSR count). The van der Waals surface area contributed by atoms with Crippen LogP contribution in [0.1, 0.15) is 37.3 Å². The Labute approximate surface area is 209 Å². The number of rotatable bonds is 12. The maximum Gasteiger partial charge on any atom is 0.409 e. The monoisotopic (exact) mass is 516 g/mol. The molecule has 0 fully saturated rings. The van der Waals surface area contributed by atoms with E-state index in [4.69, 9.17) is 4.74 Å². The van der Waals surface area contributed by atoms with Crippen LogP contribution in [0.4, 0.5) is 4.79 Å². The quantitative estimate of drug-likeness (QED) is 0.333. The highest BCUT2D eigenvalue weighted by atomic mass is 32.2. The number of benzene rings is 2. The molecule has 0 saturated heterocycles. The smallest absolute Gasteiger partial charge is 0.409 e. The van der Waals surface area contributed by atoms with E-state index in [1.807, 2.05) is 13.0 Å². The Morgan fingerprint density at radius 2 is 1.63 bits per heavy atom. The largest absolute Gasteiger partial charge is 0.478 e. The van der Waals surface area contributed by atoms with Crippen LogP contribution in [0.5, 0.6) is 0 Å². The van der Waals surface area contributed by atoms with Crippen molar-refractivity contribution in [2.24, 2.45) is 0 Å². The van der Waals surface area contributed by atoms with Gasteiger partial charge in [-0.2, -0.15) is 4.31 Å². The molecule has 0 aliphatic heterocycles. The van der Waals surface area contributed by atoms with Gasteiger partial charge in [0.15, 0.2) is 0 Å². The Morgan fingerprint density at radius 1 is 1.00 bits per heavy atom. The summed E-state index contributed by atoms with van der Waals surface area (Å²) in [5.74, 6) is -1.49. The van der Waals surface area contributed by atoms with Gasteiger partial charge in [-0.1, -0.05) is 80.1 Å². The summed E-state index contributed by atoms with van der Waals surface area (Å²) >= 11 is 0.980. The number of aliphatic carboxylic acids is 1. The highest BCUT2D eigenvalue weighted by Gasteiger charge is 2.52. The van der Waals surface area contributed by atoms with Crippen molar-refractivity contribution in [3.63, 3.8) is 0 Å². The van der Waals surface area contributed by atoms with E-state index in [9.17, 15) is 23.1 Å². The van der Waals surface area contributed by atoms with Crippen molar-refractivity contribution in [2.45, 2.75) is 49.2 Å². The SMILES string of the molecule is CCCCC(NC(=O)OCc1ccccc1)(C(=O)O)N(Cc1ccccc1)S(=O)(=O)c1cccs1. The zero-order valence-corrected chi connectivity index (χ0v) is 20.9. The number of carbonyl (C=O) groups excluding carboxylic acids is 1. The van der Waals surface area contributed by atoms with Gasteiger partial charge in [0, 0.05) is 6.54 Å². The van der Waals surface area contributed by atoms with Crippen LogP contribution in [0.2, 0.25) is 0 Å².